The van der Waals surface area contributed by atoms with Crippen molar-refractivity contribution in [1.29, 1.82) is 0 Å². The van der Waals surface area contributed by atoms with Crippen LogP contribution in [0.3, 0.4) is 0 Å². The number of nitrogens with one attached hydrogen (secondary N) is 1. The summed E-state index contributed by atoms with van der Waals surface area (Å²) in [6.45, 7) is 4.78. The standard InChI is InChI=1S/C17H20FN3O4/c1-4-17(3,16(23)24)20-13(22)7-8-14-19-15(21-25-14)11-6-5-10(2)12(18)9-11/h5-6,9H,4,7-8H2,1-3H3,(H,20,22)(H,23,24). The van der Waals surface area contributed by atoms with Gasteiger partial charge in [0.05, 0.1) is 0 Å². The van der Waals surface area contributed by atoms with E-state index in [4.69, 9.17) is 9.63 Å². The summed E-state index contributed by atoms with van der Waals surface area (Å²) in [6, 6.07) is 4.61. The van der Waals surface area contributed by atoms with Gasteiger partial charge in [-0.15, -0.1) is 0 Å². The van der Waals surface area contributed by atoms with Crippen LogP contribution in [-0.2, 0) is 16.0 Å². The van der Waals surface area contributed by atoms with Gasteiger partial charge in [0.2, 0.25) is 17.6 Å². The lowest BCUT2D eigenvalue weighted by atomic mass is 9.99. The molecule has 7 nitrogen and oxygen atoms in total. The monoisotopic (exact) mass is 349 g/mol. The number of carbonyl (C=O) groups excluding carboxylic acids is 1. The Labute approximate surface area is 144 Å². The van der Waals surface area contributed by atoms with E-state index in [0.717, 1.165) is 0 Å². The molecule has 0 saturated heterocycles. The van der Waals surface area contributed by atoms with E-state index >= 15 is 0 Å². The minimum absolute atomic E-state index is 0.00671. The molecule has 1 aromatic carbocycles. The van der Waals surface area contributed by atoms with Crippen molar-refractivity contribution in [1.82, 2.24) is 15.5 Å². The molecule has 1 heterocycles. The Morgan fingerprint density at radius 2 is 2.12 bits per heavy atom. The van der Waals surface area contributed by atoms with E-state index < -0.39 is 17.4 Å². The molecule has 0 bridgehead atoms. The number of aliphatic carboxylic acids is 1. The highest BCUT2D eigenvalue weighted by atomic mass is 19.1. The highest BCUT2D eigenvalue weighted by molar-refractivity contribution is 5.86. The first-order valence-corrected chi connectivity index (χ1v) is 7.88. The van der Waals surface area contributed by atoms with Gasteiger partial charge in [-0.3, -0.25) is 4.79 Å². The number of rotatable bonds is 7. The van der Waals surface area contributed by atoms with Gasteiger partial charge in [-0.1, -0.05) is 24.2 Å². The average Bonchev–Trinajstić information content (AvgIpc) is 3.04. The SMILES string of the molecule is CCC(C)(NC(=O)CCc1nc(-c2ccc(C)c(F)c2)no1)C(=O)O. The second kappa shape index (κ2) is 7.42. The largest absolute Gasteiger partial charge is 0.480 e. The molecule has 2 N–H and O–H groups in total. The van der Waals surface area contributed by atoms with Crippen LogP contribution in [0.4, 0.5) is 4.39 Å². The second-order valence-electron chi connectivity index (χ2n) is 6.01. The molecule has 0 spiro atoms. The molecule has 25 heavy (non-hydrogen) atoms. The van der Waals surface area contributed by atoms with Crippen LogP contribution in [0.5, 0.6) is 0 Å². The number of aryl methyl sites for hydroxylation is 2. The molecule has 0 saturated carbocycles. The zero-order valence-electron chi connectivity index (χ0n) is 14.3. The van der Waals surface area contributed by atoms with Gasteiger partial charge in [-0.25, -0.2) is 9.18 Å². The molecule has 1 atom stereocenters. The van der Waals surface area contributed by atoms with Crippen molar-refractivity contribution in [3.05, 3.63) is 35.5 Å². The lowest BCUT2D eigenvalue weighted by Crippen LogP contribution is -2.51. The Bertz CT molecular complexity index is 790. The number of halogens is 1. The van der Waals surface area contributed by atoms with Crippen LogP contribution in [0.15, 0.2) is 22.7 Å². The van der Waals surface area contributed by atoms with E-state index in [2.05, 4.69) is 15.5 Å². The van der Waals surface area contributed by atoms with Gasteiger partial charge in [0.15, 0.2) is 0 Å². The van der Waals surface area contributed by atoms with Crippen LogP contribution in [0.25, 0.3) is 11.4 Å². The van der Waals surface area contributed by atoms with Crippen molar-refractivity contribution in [2.45, 2.75) is 45.6 Å². The summed E-state index contributed by atoms with van der Waals surface area (Å²) < 4.78 is 18.7. The number of nitrogens with zero attached hydrogens (tertiary/aromatic N) is 2. The fourth-order valence-electron chi connectivity index (χ4n) is 2.09. The van der Waals surface area contributed by atoms with Crippen molar-refractivity contribution in [3.63, 3.8) is 0 Å². The van der Waals surface area contributed by atoms with Crippen LogP contribution in [-0.4, -0.2) is 32.7 Å². The highest BCUT2D eigenvalue weighted by Crippen LogP contribution is 2.19. The Hall–Kier alpha value is -2.77. The lowest BCUT2D eigenvalue weighted by Gasteiger charge is -2.24. The molecule has 134 valence electrons. The van der Waals surface area contributed by atoms with Gasteiger partial charge in [-0.05, 0) is 31.9 Å². The summed E-state index contributed by atoms with van der Waals surface area (Å²) in [5, 5.41) is 15.4. The average molecular weight is 349 g/mol. The summed E-state index contributed by atoms with van der Waals surface area (Å²) in [5.41, 5.74) is -0.315. The molecule has 0 fully saturated rings. The van der Waals surface area contributed by atoms with Crippen LogP contribution < -0.4 is 5.32 Å². The molecule has 0 aliphatic heterocycles. The van der Waals surface area contributed by atoms with Crippen LogP contribution >= 0.6 is 0 Å². The molecule has 0 aliphatic carbocycles. The minimum Gasteiger partial charge on any atom is -0.480 e. The molecule has 2 rings (SSSR count). The van der Waals surface area contributed by atoms with E-state index in [9.17, 15) is 14.0 Å². The molecule has 2 aromatic rings. The zero-order chi connectivity index (χ0) is 18.6. The van der Waals surface area contributed by atoms with Crippen molar-refractivity contribution >= 4 is 11.9 Å². The number of hydrogen-bond acceptors (Lipinski definition) is 5. The van der Waals surface area contributed by atoms with Crippen LogP contribution in [0, 0.1) is 12.7 Å². The zero-order valence-corrected chi connectivity index (χ0v) is 14.3. The first-order valence-electron chi connectivity index (χ1n) is 7.88. The Kier molecular flexibility index (Phi) is 5.51. The maximum Gasteiger partial charge on any atom is 0.329 e. The molecule has 1 unspecified atom stereocenters. The number of benzene rings is 1. The van der Waals surface area contributed by atoms with Crippen LogP contribution in [0.2, 0.25) is 0 Å². The fraction of sp³-hybridized carbons (Fsp3) is 0.412. The van der Waals surface area contributed by atoms with Crippen molar-refractivity contribution < 1.29 is 23.6 Å². The smallest absolute Gasteiger partial charge is 0.329 e. The molecular weight excluding hydrogens is 329 g/mol. The quantitative estimate of drug-likeness (QED) is 0.795. The number of hydrogen-bond donors (Lipinski definition) is 2. The van der Waals surface area contributed by atoms with E-state index in [-0.39, 0.29) is 36.8 Å². The predicted molar refractivity (Wildman–Crippen MR) is 87.2 cm³/mol. The molecule has 0 radical (unpaired) electrons. The van der Waals surface area contributed by atoms with Gasteiger partial charge >= 0.3 is 5.97 Å². The van der Waals surface area contributed by atoms with Gasteiger partial charge in [0.1, 0.15) is 11.4 Å². The number of carboxylic acids is 1. The summed E-state index contributed by atoms with van der Waals surface area (Å²) >= 11 is 0. The summed E-state index contributed by atoms with van der Waals surface area (Å²) in [7, 11) is 0. The van der Waals surface area contributed by atoms with Gasteiger partial charge in [-0.2, -0.15) is 4.98 Å². The van der Waals surface area contributed by atoms with E-state index in [1.807, 2.05) is 0 Å². The van der Waals surface area contributed by atoms with E-state index in [1.54, 1.807) is 26.0 Å². The Morgan fingerprint density at radius 1 is 1.40 bits per heavy atom. The third-order valence-electron chi connectivity index (χ3n) is 4.06. The summed E-state index contributed by atoms with van der Waals surface area (Å²) in [4.78, 5) is 27.3. The molecule has 1 amide bonds. The van der Waals surface area contributed by atoms with Gasteiger partial charge in [0.25, 0.3) is 0 Å². The molecule has 0 aliphatic rings. The predicted octanol–water partition coefficient (Wildman–Crippen LogP) is 2.49. The van der Waals surface area contributed by atoms with E-state index in [1.165, 1.54) is 13.0 Å². The highest BCUT2D eigenvalue weighted by Gasteiger charge is 2.32. The third kappa shape index (κ3) is 4.40. The van der Waals surface area contributed by atoms with Crippen LogP contribution in [0.1, 0.15) is 38.1 Å². The normalized spacial score (nSPS) is 13.3. The third-order valence-corrected chi connectivity index (χ3v) is 4.06. The summed E-state index contributed by atoms with van der Waals surface area (Å²) in [5.74, 6) is -1.42. The van der Waals surface area contributed by atoms with Gasteiger partial charge < -0.3 is 14.9 Å². The maximum absolute atomic E-state index is 13.6. The van der Waals surface area contributed by atoms with Crippen molar-refractivity contribution in [3.8, 4) is 11.4 Å². The lowest BCUT2D eigenvalue weighted by molar-refractivity contribution is -0.147. The molecule has 8 heteroatoms. The first-order chi connectivity index (χ1) is 11.7. The van der Waals surface area contributed by atoms with Gasteiger partial charge in [0, 0.05) is 18.4 Å². The first kappa shape index (κ1) is 18.6. The molecular formula is C17H20FN3O4. The Morgan fingerprint density at radius 3 is 2.72 bits per heavy atom. The van der Waals surface area contributed by atoms with E-state index in [0.29, 0.717) is 11.1 Å². The minimum atomic E-state index is -1.31. The molecule has 1 aromatic heterocycles. The number of aromatic nitrogens is 2. The fourth-order valence-corrected chi connectivity index (χ4v) is 2.09. The van der Waals surface area contributed by atoms with Crippen molar-refractivity contribution in [2.24, 2.45) is 0 Å². The second-order valence-corrected chi connectivity index (χ2v) is 6.01. The number of carbonyl (C=O) groups is 2. The Balaban J connectivity index is 1.98. The maximum atomic E-state index is 13.6. The number of carboxylic acid groups (broad SMARTS) is 1. The summed E-state index contributed by atoms with van der Waals surface area (Å²) in [6.07, 6.45) is 0.428. The van der Waals surface area contributed by atoms with Crippen molar-refractivity contribution in [2.75, 3.05) is 0 Å². The topological polar surface area (TPSA) is 105 Å². The number of amides is 1.